The van der Waals surface area contributed by atoms with Crippen LogP contribution >= 0.6 is 0 Å². The third kappa shape index (κ3) is 1.80. The fraction of sp³-hybridized carbons (Fsp3) is 0.143. The van der Waals surface area contributed by atoms with Crippen molar-refractivity contribution >= 4 is 6.29 Å². The quantitative estimate of drug-likeness (QED) is 0.613. The number of aromatic nitrogens is 1. The Kier molecular flexibility index (Phi) is 2.25. The van der Waals surface area contributed by atoms with Crippen LogP contribution in [0.2, 0.25) is 0 Å². The van der Waals surface area contributed by atoms with Crippen LogP contribution in [-0.2, 0) is 0 Å². The molecule has 58 valence electrons. The lowest BCUT2D eigenvalue weighted by Crippen LogP contribution is -1.90. The van der Waals surface area contributed by atoms with Gasteiger partial charge < -0.3 is 0 Å². The highest BCUT2D eigenvalue weighted by Crippen LogP contribution is 2.14. The van der Waals surface area contributed by atoms with Gasteiger partial charge in [-0.3, -0.25) is 9.78 Å². The van der Waals surface area contributed by atoms with Crippen molar-refractivity contribution in [2.75, 3.05) is 0 Å². The zero-order valence-corrected chi connectivity index (χ0v) is 5.50. The number of alkyl halides is 2. The molecule has 0 amide bonds. The molecule has 0 saturated carbocycles. The molecule has 1 rings (SSSR count). The second-order valence-electron chi connectivity index (χ2n) is 1.93. The number of carbonyl (C=O) groups excluding carboxylic acids is 1. The third-order valence-electron chi connectivity index (χ3n) is 1.17. The van der Waals surface area contributed by atoms with Crippen molar-refractivity contribution in [2.45, 2.75) is 6.43 Å². The highest BCUT2D eigenvalue weighted by atomic mass is 19.3. The van der Waals surface area contributed by atoms with Gasteiger partial charge in [0.25, 0.3) is 6.43 Å². The van der Waals surface area contributed by atoms with Crippen molar-refractivity contribution in [2.24, 2.45) is 0 Å². The Balaban J connectivity index is 2.91. The normalized spacial score (nSPS) is 10.1. The van der Waals surface area contributed by atoms with E-state index in [1.54, 1.807) is 0 Å². The van der Waals surface area contributed by atoms with Crippen molar-refractivity contribution < 1.29 is 13.6 Å². The number of halogens is 2. The number of carbonyl (C=O) groups is 1. The van der Waals surface area contributed by atoms with Crippen LogP contribution in [-0.4, -0.2) is 11.3 Å². The summed E-state index contributed by atoms with van der Waals surface area (Å²) in [5.74, 6) is 0. The highest BCUT2D eigenvalue weighted by Gasteiger charge is 2.06. The van der Waals surface area contributed by atoms with E-state index < -0.39 is 6.43 Å². The summed E-state index contributed by atoms with van der Waals surface area (Å²) in [4.78, 5) is 13.4. The van der Waals surface area contributed by atoms with Crippen molar-refractivity contribution in [3.8, 4) is 0 Å². The average Bonchev–Trinajstić information content (AvgIpc) is 2.05. The second-order valence-corrected chi connectivity index (χ2v) is 1.93. The summed E-state index contributed by atoms with van der Waals surface area (Å²) in [6.07, 6.45) is -0.896. The van der Waals surface area contributed by atoms with Crippen molar-refractivity contribution in [1.29, 1.82) is 0 Å². The zero-order chi connectivity index (χ0) is 8.27. The van der Waals surface area contributed by atoms with E-state index in [1.165, 1.54) is 6.07 Å². The third-order valence-corrected chi connectivity index (χ3v) is 1.17. The van der Waals surface area contributed by atoms with Crippen molar-refractivity contribution in [1.82, 2.24) is 4.98 Å². The van der Waals surface area contributed by atoms with Crippen LogP contribution in [0.15, 0.2) is 18.3 Å². The lowest BCUT2D eigenvalue weighted by Gasteiger charge is -1.96. The van der Waals surface area contributed by atoms with Crippen LogP contribution in [0, 0.1) is 0 Å². The summed E-state index contributed by atoms with van der Waals surface area (Å²) in [6.45, 7) is 0. The standard InChI is InChI=1S/C7H5F2NO/c8-7(9)6-2-1-5(4-11)3-10-6/h1-4,7H. The van der Waals surface area contributed by atoms with Crippen LogP contribution < -0.4 is 0 Å². The summed E-state index contributed by atoms with van der Waals surface area (Å²) in [6, 6.07) is 2.44. The molecule has 0 aliphatic carbocycles. The number of nitrogens with zero attached hydrogens (tertiary/aromatic N) is 1. The fourth-order valence-electron chi connectivity index (χ4n) is 0.616. The van der Waals surface area contributed by atoms with Gasteiger partial charge in [-0.15, -0.1) is 0 Å². The van der Waals surface area contributed by atoms with E-state index in [4.69, 9.17) is 0 Å². The van der Waals surface area contributed by atoms with Crippen molar-refractivity contribution in [3.63, 3.8) is 0 Å². The summed E-state index contributed by atoms with van der Waals surface area (Å²) in [5.41, 5.74) is -0.00926. The van der Waals surface area contributed by atoms with Gasteiger partial charge in [0.1, 0.15) is 5.69 Å². The molecule has 0 aliphatic heterocycles. The van der Waals surface area contributed by atoms with Gasteiger partial charge in [-0.05, 0) is 12.1 Å². The first-order chi connectivity index (χ1) is 5.24. The van der Waals surface area contributed by atoms with Gasteiger partial charge in [0.15, 0.2) is 6.29 Å². The van der Waals surface area contributed by atoms with Crippen molar-refractivity contribution in [3.05, 3.63) is 29.6 Å². The minimum atomic E-state index is -2.57. The highest BCUT2D eigenvalue weighted by molar-refractivity contribution is 5.73. The molecule has 1 aromatic rings. The summed E-state index contributed by atoms with van der Waals surface area (Å²) in [5, 5.41) is 0. The Morgan fingerprint density at radius 1 is 1.45 bits per heavy atom. The number of aldehydes is 1. The van der Waals surface area contributed by atoms with Gasteiger partial charge in [-0.1, -0.05) is 0 Å². The molecule has 0 N–H and O–H groups in total. The predicted molar refractivity (Wildman–Crippen MR) is 34.6 cm³/mol. The average molecular weight is 157 g/mol. The number of rotatable bonds is 2. The molecular weight excluding hydrogens is 152 g/mol. The molecule has 0 saturated heterocycles. The largest absolute Gasteiger partial charge is 0.298 e. The molecule has 0 radical (unpaired) electrons. The van der Waals surface area contributed by atoms with E-state index in [0.29, 0.717) is 11.8 Å². The summed E-state index contributed by atoms with van der Waals surface area (Å²) >= 11 is 0. The van der Waals surface area contributed by atoms with Gasteiger partial charge in [0.2, 0.25) is 0 Å². The molecule has 1 aromatic heterocycles. The Morgan fingerprint density at radius 2 is 2.18 bits per heavy atom. The first kappa shape index (κ1) is 7.78. The summed E-state index contributed by atoms with van der Waals surface area (Å²) in [7, 11) is 0. The Bertz CT molecular complexity index is 245. The van der Waals surface area contributed by atoms with E-state index in [1.807, 2.05) is 0 Å². The molecule has 4 heteroatoms. The molecule has 1 heterocycles. The SMILES string of the molecule is O=Cc1ccc(C(F)F)nc1. The second kappa shape index (κ2) is 3.18. The van der Waals surface area contributed by atoms with Gasteiger partial charge >= 0.3 is 0 Å². The zero-order valence-electron chi connectivity index (χ0n) is 5.50. The molecule has 0 aromatic carbocycles. The van der Waals surface area contributed by atoms with E-state index in [9.17, 15) is 13.6 Å². The lowest BCUT2D eigenvalue weighted by atomic mass is 10.3. The number of pyridine rings is 1. The Labute approximate surface area is 61.9 Å². The van der Waals surface area contributed by atoms with E-state index in [2.05, 4.69) is 4.98 Å². The van der Waals surface area contributed by atoms with Gasteiger partial charge in [-0.2, -0.15) is 0 Å². The maximum Gasteiger partial charge on any atom is 0.280 e. The lowest BCUT2D eigenvalue weighted by molar-refractivity contribution is 0.112. The van der Waals surface area contributed by atoms with Crippen LogP contribution in [0.5, 0.6) is 0 Å². The first-order valence-corrected chi connectivity index (χ1v) is 2.93. The molecule has 0 atom stereocenters. The van der Waals surface area contributed by atoms with Crippen LogP contribution in [0.25, 0.3) is 0 Å². The van der Waals surface area contributed by atoms with Crippen LogP contribution in [0.4, 0.5) is 8.78 Å². The molecule has 0 aliphatic rings. The molecule has 11 heavy (non-hydrogen) atoms. The van der Waals surface area contributed by atoms with E-state index in [-0.39, 0.29) is 5.69 Å². The minimum Gasteiger partial charge on any atom is -0.298 e. The molecular formula is C7H5F2NO. The number of hydrogen-bond acceptors (Lipinski definition) is 2. The van der Waals surface area contributed by atoms with E-state index >= 15 is 0 Å². The summed E-state index contributed by atoms with van der Waals surface area (Å²) < 4.78 is 23.7. The van der Waals surface area contributed by atoms with Gasteiger partial charge in [0, 0.05) is 11.8 Å². The first-order valence-electron chi connectivity index (χ1n) is 2.93. The Morgan fingerprint density at radius 3 is 2.55 bits per heavy atom. The molecule has 0 unspecified atom stereocenters. The van der Waals surface area contributed by atoms with Crippen LogP contribution in [0.3, 0.4) is 0 Å². The maximum atomic E-state index is 11.9. The van der Waals surface area contributed by atoms with Gasteiger partial charge in [-0.25, -0.2) is 8.78 Å². The maximum absolute atomic E-state index is 11.9. The van der Waals surface area contributed by atoms with E-state index in [0.717, 1.165) is 12.3 Å². The molecule has 0 bridgehead atoms. The van der Waals surface area contributed by atoms with Gasteiger partial charge in [0.05, 0.1) is 0 Å². The molecule has 0 spiro atoms. The smallest absolute Gasteiger partial charge is 0.280 e. The number of hydrogen-bond donors (Lipinski definition) is 0. The molecule has 2 nitrogen and oxygen atoms in total. The topological polar surface area (TPSA) is 30.0 Å². The molecule has 0 fully saturated rings. The minimum absolute atomic E-state index is 0.300. The van der Waals surface area contributed by atoms with Crippen LogP contribution in [0.1, 0.15) is 22.5 Å². The fourth-order valence-corrected chi connectivity index (χ4v) is 0.616. The Hall–Kier alpha value is -1.32. The monoisotopic (exact) mass is 157 g/mol. The predicted octanol–water partition coefficient (Wildman–Crippen LogP) is 1.83.